The number of rotatable bonds is 3. The van der Waals surface area contributed by atoms with Crippen LogP contribution in [0.25, 0.3) is 0 Å². The number of para-hydroxylation sites is 1. The molecule has 0 spiro atoms. The molecule has 3 N–H and O–H groups in total. The predicted molar refractivity (Wildman–Crippen MR) is 81.9 cm³/mol. The molecule has 20 heavy (non-hydrogen) atoms. The summed E-state index contributed by atoms with van der Waals surface area (Å²) in [5.74, 6) is -0.0611. The summed E-state index contributed by atoms with van der Waals surface area (Å²) in [6, 6.07) is 7.44. The molecule has 1 aliphatic carbocycles. The number of amides is 1. The van der Waals surface area contributed by atoms with Crippen LogP contribution in [0, 0.1) is 0 Å². The van der Waals surface area contributed by atoms with Gasteiger partial charge in [0.25, 0.3) is 0 Å². The zero-order chi connectivity index (χ0) is 13.9. The molecule has 0 radical (unpaired) electrons. The molecule has 0 bridgehead atoms. The average molecular weight is 287 g/mol. The third-order valence-electron chi connectivity index (χ3n) is 3.50. The van der Waals surface area contributed by atoms with E-state index >= 15 is 0 Å². The normalized spacial score (nSPS) is 13.8. The quantitative estimate of drug-likeness (QED) is 0.853. The van der Waals surface area contributed by atoms with Gasteiger partial charge in [-0.25, -0.2) is 4.98 Å². The predicted octanol–water partition coefficient (Wildman–Crippen LogP) is 2.79. The van der Waals surface area contributed by atoms with Crippen LogP contribution in [-0.2, 0) is 24.1 Å². The Morgan fingerprint density at radius 1 is 1.30 bits per heavy atom. The molecule has 4 nitrogen and oxygen atoms in total. The number of nitrogen functional groups attached to an aromatic ring is 1. The van der Waals surface area contributed by atoms with Crippen LogP contribution in [0.1, 0.15) is 29.0 Å². The lowest BCUT2D eigenvalue weighted by molar-refractivity contribution is -0.115. The number of carbonyl (C=O) groups is 1. The van der Waals surface area contributed by atoms with Crippen LogP contribution < -0.4 is 11.1 Å². The highest BCUT2D eigenvalue weighted by Crippen LogP contribution is 2.29. The minimum Gasteiger partial charge on any atom is -0.398 e. The summed E-state index contributed by atoms with van der Waals surface area (Å²) in [6.07, 6.45) is 4.84. The van der Waals surface area contributed by atoms with E-state index in [1.165, 1.54) is 17.7 Å². The van der Waals surface area contributed by atoms with Crippen molar-refractivity contribution in [1.29, 1.82) is 0 Å². The monoisotopic (exact) mass is 287 g/mol. The fourth-order valence-electron chi connectivity index (χ4n) is 2.44. The molecular weight excluding hydrogens is 270 g/mol. The van der Waals surface area contributed by atoms with Gasteiger partial charge in [-0.05, 0) is 37.3 Å². The molecule has 1 aromatic heterocycles. The zero-order valence-corrected chi connectivity index (χ0v) is 12.0. The number of aromatic nitrogens is 1. The van der Waals surface area contributed by atoms with Crippen LogP contribution in [0.2, 0.25) is 0 Å². The number of aryl methyl sites for hydroxylation is 2. The van der Waals surface area contributed by atoms with Gasteiger partial charge in [-0.1, -0.05) is 18.2 Å². The molecule has 0 fully saturated rings. The largest absolute Gasteiger partial charge is 0.398 e. The van der Waals surface area contributed by atoms with E-state index in [0.717, 1.165) is 29.2 Å². The van der Waals surface area contributed by atoms with Crippen molar-refractivity contribution in [3.8, 4) is 0 Å². The molecule has 1 aliphatic rings. The Balaban J connectivity index is 1.67. The minimum absolute atomic E-state index is 0.0611. The maximum atomic E-state index is 12.0. The van der Waals surface area contributed by atoms with Crippen molar-refractivity contribution in [2.75, 3.05) is 11.1 Å². The Kier molecular flexibility index (Phi) is 3.69. The number of carbonyl (C=O) groups excluding carboxylic acids is 1. The van der Waals surface area contributed by atoms with Gasteiger partial charge in [-0.3, -0.25) is 4.79 Å². The molecule has 1 amide bonds. The Morgan fingerprint density at radius 2 is 2.10 bits per heavy atom. The van der Waals surface area contributed by atoms with Crippen molar-refractivity contribution in [1.82, 2.24) is 4.98 Å². The van der Waals surface area contributed by atoms with Crippen LogP contribution in [0.3, 0.4) is 0 Å². The van der Waals surface area contributed by atoms with Gasteiger partial charge in [0.05, 0.1) is 12.1 Å². The standard InChI is InChI=1S/C15H17N3OS/c16-11-6-2-1-5-10(11)9-14(19)18-15-17-12-7-3-4-8-13(12)20-15/h1-2,5-6H,3-4,7-9,16H2,(H,17,18,19). The van der Waals surface area contributed by atoms with E-state index in [0.29, 0.717) is 5.69 Å². The van der Waals surface area contributed by atoms with Crippen molar-refractivity contribution < 1.29 is 4.79 Å². The summed E-state index contributed by atoms with van der Waals surface area (Å²) >= 11 is 1.60. The first kappa shape index (κ1) is 13.1. The Labute approximate surface area is 122 Å². The number of nitrogens with zero attached hydrogens (tertiary/aromatic N) is 1. The van der Waals surface area contributed by atoms with E-state index in [2.05, 4.69) is 10.3 Å². The molecule has 3 rings (SSSR count). The van der Waals surface area contributed by atoms with Gasteiger partial charge in [0.1, 0.15) is 0 Å². The number of nitrogens with one attached hydrogen (secondary N) is 1. The van der Waals surface area contributed by atoms with Gasteiger partial charge in [0, 0.05) is 10.6 Å². The molecule has 0 saturated heterocycles. The van der Waals surface area contributed by atoms with Crippen LogP contribution in [0.4, 0.5) is 10.8 Å². The molecule has 1 heterocycles. The first-order valence-corrected chi connectivity index (χ1v) is 7.66. The highest BCUT2D eigenvalue weighted by Gasteiger charge is 2.16. The lowest BCUT2D eigenvalue weighted by atomic mass is 10.0. The lowest BCUT2D eigenvalue weighted by Crippen LogP contribution is -2.15. The van der Waals surface area contributed by atoms with Crippen LogP contribution in [-0.4, -0.2) is 10.9 Å². The second-order valence-electron chi connectivity index (χ2n) is 5.02. The number of thiazole rings is 1. The third kappa shape index (κ3) is 2.82. The van der Waals surface area contributed by atoms with E-state index in [4.69, 9.17) is 5.73 Å². The second-order valence-corrected chi connectivity index (χ2v) is 6.10. The molecule has 0 saturated carbocycles. The van der Waals surface area contributed by atoms with Crippen LogP contribution >= 0.6 is 11.3 Å². The summed E-state index contributed by atoms with van der Waals surface area (Å²) < 4.78 is 0. The second kappa shape index (κ2) is 5.63. The van der Waals surface area contributed by atoms with Gasteiger partial charge in [0.15, 0.2) is 5.13 Å². The highest BCUT2D eigenvalue weighted by molar-refractivity contribution is 7.15. The molecule has 0 atom stereocenters. The van der Waals surface area contributed by atoms with E-state index in [9.17, 15) is 4.79 Å². The molecule has 0 unspecified atom stereocenters. The first-order chi connectivity index (χ1) is 9.72. The molecule has 0 aliphatic heterocycles. The summed E-state index contributed by atoms with van der Waals surface area (Å²) in [5.41, 5.74) is 8.52. The van der Waals surface area contributed by atoms with Crippen molar-refractivity contribution in [3.05, 3.63) is 40.4 Å². The van der Waals surface area contributed by atoms with Gasteiger partial charge >= 0.3 is 0 Å². The van der Waals surface area contributed by atoms with Gasteiger partial charge in [0.2, 0.25) is 5.91 Å². The smallest absolute Gasteiger partial charge is 0.230 e. The van der Waals surface area contributed by atoms with E-state index < -0.39 is 0 Å². The maximum absolute atomic E-state index is 12.0. The van der Waals surface area contributed by atoms with Crippen molar-refractivity contribution in [2.24, 2.45) is 0 Å². The van der Waals surface area contributed by atoms with Gasteiger partial charge in [-0.15, -0.1) is 11.3 Å². The molecule has 5 heteroatoms. The highest BCUT2D eigenvalue weighted by atomic mass is 32.1. The van der Waals surface area contributed by atoms with Gasteiger partial charge < -0.3 is 11.1 Å². The summed E-state index contributed by atoms with van der Waals surface area (Å²) in [6.45, 7) is 0. The molecule has 1 aromatic carbocycles. The fraction of sp³-hybridized carbons (Fsp3) is 0.333. The van der Waals surface area contributed by atoms with Crippen molar-refractivity contribution in [3.63, 3.8) is 0 Å². The number of nitrogens with two attached hydrogens (primary N) is 1. The summed E-state index contributed by atoms with van der Waals surface area (Å²) in [4.78, 5) is 17.9. The Morgan fingerprint density at radius 3 is 2.90 bits per heavy atom. The maximum Gasteiger partial charge on any atom is 0.230 e. The SMILES string of the molecule is Nc1ccccc1CC(=O)Nc1nc2c(s1)CCCC2. The fourth-order valence-corrected chi connectivity index (χ4v) is 3.50. The van der Waals surface area contributed by atoms with E-state index in [1.807, 2.05) is 24.3 Å². The Hall–Kier alpha value is -1.88. The lowest BCUT2D eigenvalue weighted by Gasteiger charge is -2.06. The van der Waals surface area contributed by atoms with Crippen molar-refractivity contribution in [2.45, 2.75) is 32.1 Å². The van der Waals surface area contributed by atoms with Gasteiger partial charge in [-0.2, -0.15) is 0 Å². The minimum atomic E-state index is -0.0611. The first-order valence-electron chi connectivity index (χ1n) is 6.84. The number of hydrogen-bond acceptors (Lipinski definition) is 4. The average Bonchev–Trinajstić information content (AvgIpc) is 2.83. The number of hydrogen-bond donors (Lipinski definition) is 2. The topological polar surface area (TPSA) is 68.0 Å². The van der Waals surface area contributed by atoms with E-state index in [-0.39, 0.29) is 12.3 Å². The molecule has 104 valence electrons. The summed E-state index contributed by atoms with van der Waals surface area (Å²) in [7, 11) is 0. The third-order valence-corrected chi connectivity index (χ3v) is 4.57. The summed E-state index contributed by atoms with van der Waals surface area (Å²) in [5, 5.41) is 3.61. The van der Waals surface area contributed by atoms with Crippen molar-refractivity contribution >= 4 is 28.1 Å². The number of benzene rings is 1. The van der Waals surface area contributed by atoms with Crippen LogP contribution in [0.5, 0.6) is 0 Å². The molecular formula is C15H17N3OS. The molecule has 2 aromatic rings. The zero-order valence-electron chi connectivity index (χ0n) is 11.2. The Bertz CT molecular complexity index is 612. The van der Waals surface area contributed by atoms with E-state index in [1.54, 1.807) is 11.3 Å². The van der Waals surface area contributed by atoms with Crippen LogP contribution in [0.15, 0.2) is 24.3 Å². The number of anilines is 2. The number of fused-ring (bicyclic) bond motifs is 1.